The average Bonchev–Trinajstić information content (AvgIpc) is 3.01. The number of aryl methyl sites for hydroxylation is 1. The third kappa shape index (κ3) is 5.73. The predicted octanol–water partition coefficient (Wildman–Crippen LogP) is 9.85. The molecule has 1 unspecified atom stereocenters. The zero-order valence-electron chi connectivity index (χ0n) is 21.9. The minimum absolute atomic E-state index is 0.132. The number of hydrogen-bond donors (Lipinski definition) is 0. The first kappa shape index (κ1) is 25.3. The third-order valence-corrected chi connectivity index (χ3v) is 11.2. The molecule has 6 aromatic carbocycles. The van der Waals surface area contributed by atoms with Gasteiger partial charge in [-0.3, -0.25) is 0 Å². The number of hydrogen-bond acceptors (Lipinski definition) is 0. The molecule has 0 heterocycles. The van der Waals surface area contributed by atoms with Crippen LogP contribution in [0.4, 0.5) is 0 Å². The maximum atomic E-state index is 2.30. The summed E-state index contributed by atoms with van der Waals surface area (Å²) in [5.74, 6) is 0. The molecule has 0 spiro atoms. The second-order valence-corrected chi connectivity index (χ2v) is 13.5. The van der Waals surface area contributed by atoms with E-state index in [0.29, 0.717) is 0 Å². The Labute approximate surface area is 237 Å². The molecule has 0 fully saturated rings. The summed E-state index contributed by atoms with van der Waals surface area (Å²) in [5, 5.41) is 0. The van der Waals surface area contributed by atoms with Crippen LogP contribution in [0, 0.1) is 6.92 Å². The first-order chi connectivity index (χ1) is 19.3. The quantitative estimate of drug-likeness (QED) is 0.177. The number of rotatable bonds is 7. The van der Waals surface area contributed by atoms with E-state index in [1.54, 1.807) is 0 Å². The molecule has 0 aliphatic rings. The summed E-state index contributed by atoms with van der Waals surface area (Å²) in [5.41, 5.74) is 3.77. The average molecular weight is 539 g/mol. The molecule has 0 saturated heterocycles. The van der Waals surface area contributed by atoms with Crippen molar-refractivity contribution in [1.29, 1.82) is 0 Å². The highest BCUT2D eigenvalue weighted by atomic mass is 32.2. The second-order valence-electron chi connectivity index (χ2n) is 9.41. The Balaban J connectivity index is 1.31. The number of benzene rings is 6. The second kappa shape index (κ2) is 11.8. The van der Waals surface area contributed by atoms with Crippen molar-refractivity contribution < 1.29 is 0 Å². The van der Waals surface area contributed by atoms with Crippen molar-refractivity contribution in [1.82, 2.24) is 0 Å². The molecular weight excluding hydrogens is 509 g/mol. The van der Waals surface area contributed by atoms with Crippen LogP contribution in [0.25, 0.3) is 11.1 Å². The maximum Gasteiger partial charge on any atom is 0.166 e. The zero-order valence-corrected chi connectivity index (χ0v) is 23.5. The summed E-state index contributed by atoms with van der Waals surface area (Å²) in [7, 11) is -0.271. The Morgan fingerprint density at radius 1 is 0.282 bits per heavy atom. The van der Waals surface area contributed by atoms with Gasteiger partial charge in [-0.1, -0.05) is 72.3 Å². The molecule has 6 aromatic rings. The van der Waals surface area contributed by atoms with E-state index in [1.807, 2.05) is 0 Å². The predicted molar refractivity (Wildman–Crippen MR) is 167 cm³/mol. The molecule has 0 aromatic heterocycles. The highest BCUT2D eigenvalue weighted by molar-refractivity contribution is 7.97. The van der Waals surface area contributed by atoms with E-state index >= 15 is 0 Å². The summed E-state index contributed by atoms with van der Waals surface area (Å²) < 4.78 is 0. The first-order valence-corrected chi connectivity index (χ1v) is 15.6. The first-order valence-electron chi connectivity index (χ1n) is 13.2. The van der Waals surface area contributed by atoms with Crippen molar-refractivity contribution >= 4 is 21.8 Å². The Bertz CT molecular complexity index is 1570. The molecule has 2 heteroatoms. The molecular formula is C37H30S2+2. The van der Waals surface area contributed by atoms with E-state index in [-0.39, 0.29) is 21.8 Å². The van der Waals surface area contributed by atoms with E-state index < -0.39 is 0 Å². The molecule has 0 amide bonds. The smallest absolute Gasteiger partial charge is 0.0619 e. The Morgan fingerprint density at radius 2 is 0.538 bits per heavy atom. The lowest BCUT2D eigenvalue weighted by Crippen LogP contribution is -2.05. The lowest BCUT2D eigenvalue weighted by atomic mass is 10.1. The van der Waals surface area contributed by atoms with E-state index in [0.717, 1.165) is 0 Å². The molecule has 0 N–H and O–H groups in total. The van der Waals surface area contributed by atoms with Gasteiger partial charge in [-0.25, -0.2) is 0 Å². The lowest BCUT2D eigenvalue weighted by Gasteiger charge is -2.10. The summed E-state index contributed by atoms with van der Waals surface area (Å²) in [4.78, 5) is 8.03. The van der Waals surface area contributed by atoms with Gasteiger partial charge in [0.25, 0.3) is 0 Å². The zero-order chi connectivity index (χ0) is 26.4. The minimum Gasteiger partial charge on any atom is -0.0619 e. The van der Waals surface area contributed by atoms with Crippen molar-refractivity contribution in [2.75, 3.05) is 0 Å². The van der Waals surface area contributed by atoms with Crippen molar-refractivity contribution in [2.45, 2.75) is 36.3 Å². The molecule has 0 nitrogen and oxygen atoms in total. The van der Waals surface area contributed by atoms with Crippen molar-refractivity contribution in [2.24, 2.45) is 0 Å². The molecule has 0 aliphatic carbocycles. The minimum atomic E-state index is -0.139. The van der Waals surface area contributed by atoms with E-state index in [4.69, 9.17) is 0 Å². The fourth-order valence-electron chi connectivity index (χ4n) is 4.73. The van der Waals surface area contributed by atoms with Crippen LogP contribution >= 0.6 is 0 Å². The third-order valence-electron chi connectivity index (χ3n) is 6.71. The van der Waals surface area contributed by atoms with Gasteiger partial charge in [-0.2, -0.15) is 0 Å². The van der Waals surface area contributed by atoms with Gasteiger partial charge >= 0.3 is 0 Å². The molecule has 188 valence electrons. The van der Waals surface area contributed by atoms with Gasteiger partial charge < -0.3 is 0 Å². The van der Waals surface area contributed by atoms with Gasteiger partial charge in [0.05, 0.1) is 21.8 Å². The molecule has 0 saturated carbocycles. The van der Waals surface area contributed by atoms with E-state index in [9.17, 15) is 0 Å². The van der Waals surface area contributed by atoms with Gasteiger partial charge in [0.1, 0.15) is 0 Å². The lowest BCUT2D eigenvalue weighted by molar-refractivity contribution is 1.30. The van der Waals surface area contributed by atoms with Gasteiger partial charge in [-0.05, 0) is 115 Å². The van der Waals surface area contributed by atoms with Crippen molar-refractivity contribution in [3.8, 4) is 11.1 Å². The van der Waals surface area contributed by atoms with Gasteiger partial charge in [0, 0.05) is 0 Å². The Hall–Kier alpha value is -3.98. The monoisotopic (exact) mass is 538 g/mol. The molecule has 1 atom stereocenters. The summed E-state index contributed by atoms with van der Waals surface area (Å²) >= 11 is 0. The Morgan fingerprint density at radius 3 is 0.846 bits per heavy atom. The fourth-order valence-corrected chi connectivity index (χ4v) is 8.87. The van der Waals surface area contributed by atoms with E-state index in [1.165, 1.54) is 46.1 Å². The summed E-state index contributed by atoms with van der Waals surface area (Å²) in [6, 6.07) is 59.8. The molecule has 0 aliphatic heterocycles. The molecule has 6 rings (SSSR count). The normalized spacial score (nSPS) is 11.8. The van der Waals surface area contributed by atoms with Gasteiger partial charge in [-0.15, -0.1) is 0 Å². The largest absolute Gasteiger partial charge is 0.166 e. The standard InChI is InChI=1S/C37H30S2/c1-29-17-23-35(24-18-29)39(34-15-9-4-10-16-34)37-27-21-31(22-28-37)30-19-25-36(26-20-30)38(32-11-5-2-6-12-32)33-13-7-3-8-14-33/h2-28H,1H3/q+2. The Kier molecular flexibility index (Phi) is 7.67. The maximum absolute atomic E-state index is 2.30. The van der Waals surface area contributed by atoms with Crippen LogP contribution in [0.5, 0.6) is 0 Å². The van der Waals surface area contributed by atoms with Crippen LogP contribution in [0.15, 0.2) is 193 Å². The van der Waals surface area contributed by atoms with E-state index in [2.05, 4.69) is 171 Å². The highest BCUT2D eigenvalue weighted by Crippen LogP contribution is 2.35. The summed E-state index contributed by atoms with van der Waals surface area (Å²) in [6.07, 6.45) is 0. The van der Waals surface area contributed by atoms with Crippen LogP contribution in [-0.2, 0) is 21.8 Å². The fraction of sp³-hybridized carbons (Fsp3) is 0.0270. The van der Waals surface area contributed by atoms with Crippen molar-refractivity contribution in [3.05, 3.63) is 169 Å². The highest BCUT2D eigenvalue weighted by Gasteiger charge is 2.29. The van der Waals surface area contributed by atoms with Crippen LogP contribution in [0.2, 0.25) is 0 Å². The molecule has 0 bridgehead atoms. The van der Waals surface area contributed by atoms with Crippen LogP contribution in [0.1, 0.15) is 5.56 Å². The van der Waals surface area contributed by atoms with Crippen LogP contribution in [-0.4, -0.2) is 0 Å². The van der Waals surface area contributed by atoms with Gasteiger partial charge in [0.15, 0.2) is 29.4 Å². The molecule has 39 heavy (non-hydrogen) atoms. The SMILES string of the molecule is Cc1ccc([S+](c2ccccc2)c2ccc(-c3ccc([S+](c4ccccc4)c4ccccc4)cc3)cc2)cc1. The van der Waals surface area contributed by atoms with Crippen molar-refractivity contribution in [3.63, 3.8) is 0 Å². The van der Waals surface area contributed by atoms with Gasteiger partial charge in [0.2, 0.25) is 0 Å². The topological polar surface area (TPSA) is 0 Å². The van der Waals surface area contributed by atoms with Crippen LogP contribution in [0.3, 0.4) is 0 Å². The van der Waals surface area contributed by atoms with Crippen LogP contribution < -0.4 is 0 Å². The molecule has 0 radical (unpaired) electrons. The summed E-state index contributed by atoms with van der Waals surface area (Å²) in [6.45, 7) is 2.15.